The molecule has 0 spiro atoms. The number of nitrogens with one attached hydrogen (secondary N) is 1. The van der Waals surface area contributed by atoms with Crippen molar-refractivity contribution in [2.75, 3.05) is 7.11 Å². The van der Waals surface area contributed by atoms with Crippen molar-refractivity contribution in [1.29, 1.82) is 0 Å². The van der Waals surface area contributed by atoms with Crippen LogP contribution in [0.4, 0.5) is 13.2 Å². The molecule has 0 unspecified atom stereocenters. The number of hydrogen-bond acceptors (Lipinski definition) is 6. The summed E-state index contributed by atoms with van der Waals surface area (Å²) in [6.07, 6.45) is -2.96. The van der Waals surface area contributed by atoms with E-state index in [4.69, 9.17) is 13.9 Å². The maximum absolute atomic E-state index is 13.7. The summed E-state index contributed by atoms with van der Waals surface area (Å²) in [6.45, 7) is 6.13. The van der Waals surface area contributed by atoms with Gasteiger partial charge in [0.05, 0.1) is 30.0 Å². The number of benzene rings is 4. The first-order valence-corrected chi connectivity index (χ1v) is 17.9. The SMILES string of the molecule is COC(=O)c1sc(-c2cc3[nH]cnc3cc2O[Si](c2ccccc2)(c2ccccc2)C(C)(C)C)cc1OCc1ccccc1C(F)(F)F. The summed E-state index contributed by atoms with van der Waals surface area (Å²) in [5.74, 6) is -0.00195. The number of aromatic nitrogens is 2. The van der Waals surface area contributed by atoms with E-state index in [0.29, 0.717) is 21.7 Å². The third-order valence-corrected chi connectivity index (χ3v) is 14.3. The Balaban J connectivity index is 1.51. The third kappa shape index (κ3) is 6.23. The summed E-state index contributed by atoms with van der Waals surface area (Å²) in [5, 5.41) is 1.80. The maximum Gasteiger partial charge on any atom is 0.416 e. The predicted octanol–water partition coefficient (Wildman–Crippen LogP) is 8.61. The minimum atomic E-state index is -4.56. The van der Waals surface area contributed by atoms with Crippen molar-refractivity contribution < 1.29 is 31.9 Å². The van der Waals surface area contributed by atoms with Gasteiger partial charge in [-0.15, -0.1) is 11.3 Å². The highest BCUT2D eigenvalue weighted by Gasteiger charge is 2.52. The number of methoxy groups -OCH3 is 1. The molecule has 1 N–H and O–H groups in total. The Morgan fingerprint density at radius 2 is 1.48 bits per heavy atom. The van der Waals surface area contributed by atoms with Crippen LogP contribution in [0.2, 0.25) is 5.04 Å². The quantitative estimate of drug-likeness (QED) is 0.122. The van der Waals surface area contributed by atoms with Crippen LogP contribution in [0.3, 0.4) is 0 Å². The number of fused-ring (bicyclic) bond motifs is 1. The van der Waals surface area contributed by atoms with Gasteiger partial charge in [0.25, 0.3) is 0 Å². The van der Waals surface area contributed by atoms with Crippen molar-refractivity contribution in [3.8, 4) is 21.9 Å². The van der Waals surface area contributed by atoms with E-state index >= 15 is 0 Å². The summed E-state index contributed by atoms with van der Waals surface area (Å²) >= 11 is 1.12. The van der Waals surface area contributed by atoms with Crippen molar-refractivity contribution >= 4 is 47.0 Å². The van der Waals surface area contributed by atoms with Gasteiger partial charge in [-0.05, 0) is 33.6 Å². The molecule has 0 radical (unpaired) electrons. The zero-order valence-corrected chi connectivity index (χ0v) is 28.5. The molecule has 2 aromatic heterocycles. The summed E-state index contributed by atoms with van der Waals surface area (Å²) in [4.78, 5) is 21.4. The second kappa shape index (κ2) is 13.0. The van der Waals surface area contributed by atoms with Gasteiger partial charge in [0.1, 0.15) is 18.1 Å². The lowest BCUT2D eigenvalue weighted by atomic mass is 10.1. The average Bonchev–Trinajstić information content (AvgIpc) is 3.72. The normalized spacial score (nSPS) is 12.2. The molecule has 246 valence electrons. The first-order chi connectivity index (χ1) is 22.9. The van der Waals surface area contributed by atoms with E-state index in [1.165, 1.54) is 25.3 Å². The largest absolute Gasteiger partial charge is 0.533 e. The van der Waals surface area contributed by atoms with Crippen molar-refractivity contribution in [3.63, 3.8) is 0 Å². The molecule has 6 nitrogen and oxygen atoms in total. The Morgan fingerprint density at radius 1 is 0.854 bits per heavy atom. The van der Waals surface area contributed by atoms with E-state index in [1.54, 1.807) is 12.4 Å². The van der Waals surface area contributed by atoms with Crippen molar-refractivity contribution in [2.24, 2.45) is 0 Å². The molecule has 2 heterocycles. The van der Waals surface area contributed by atoms with Gasteiger partial charge >= 0.3 is 20.5 Å². The molecule has 0 aliphatic carbocycles. The van der Waals surface area contributed by atoms with Gasteiger partial charge in [-0.3, -0.25) is 0 Å². The first-order valence-electron chi connectivity index (χ1n) is 15.2. The van der Waals surface area contributed by atoms with Gasteiger partial charge in [-0.25, -0.2) is 9.78 Å². The number of H-pyrrole nitrogens is 1. The Hall–Kier alpha value is -4.87. The fourth-order valence-electron chi connectivity index (χ4n) is 5.98. The molecule has 6 aromatic rings. The van der Waals surface area contributed by atoms with Crippen molar-refractivity contribution in [1.82, 2.24) is 9.97 Å². The Kier molecular flexibility index (Phi) is 8.93. The molecule has 0 saturated carbocycles. The fourth-order valence-corrected chi connectivity index (χ4v) is 11.5. The predicted molar refractivity (Wildman–Crippen MR) is 185 cm³/mol. The summed E-state index contributed by atoms with van der Waals surface area (Å²) in [5.41, 5.74) is 1.25. The molecule has 0 fully saturated rings. The zero-order valence-electron chi connectivity index (χ0n) is 26.7. The van der Waals surface area contributed by atoms with Crippen LogP contribution in [0.1, 0.15) is 41.6 Å². The van der Waals surface area contributed by atoms with Crippen molar-refractivity contribution in [2.45, 2.75) is 38.6 Å². The topological polar surface area (TPSA) is 73.4 Å². The number of esters is 1. The van der Waals surface area contributed by atoms with Crippen LogP contribution in [0.5, 0.6) is 11.5 Å². The number of thiophene rings is 1. The molecule has 0 aliphatic rings. The van der Waals surface area contributed by atoms with Crippen molar-refractivity contribution in [3.05, 3.63) is 125 Å². The molecule has 11 heteroatoms. The van der Waals surface area contributed by atoms with E-state index in [1.807, 2.05) is 48.5 Å². The number of rotatable bonds is 9. The lowest BCUT2D eigenvalue weighted by molar-refractivity contribution is -0.138. The lowest BCUT2D eigenvalue weighted by Crippen LogP contribution is -2.68. The number of alkyl halides is 3. The van der Waals surface area contributed by atoms with E-state index in [0.717, 1.165) is 33.3 Å². The molecule has 6 rings (SSSR count). The summed E-state index contributed by atoms with van der Waals surface area (Å²) < 4.78 is 59.6. The molecule has 0 atom stereocenters. The highest BCUT2D eigenvalue weighted by molar-refractivity contribution is 7.17. The van der Waals surface area contributed by atoms with Gasteiger partial charge < -0.3 is 18.9 Å². The highest BCUT2D eigenvalue weighted by atomic mass is 32.1. The van der Waals surface area contributed by atoms with E-state index < -0.39 is 32.6 Å². The summed E-state index contributed by atoms with van der Waals surface area (Å²) in [7, 11) is -1.85. The minimum Gasteiger partial charge on any atom is -0.533 e. The monoisotopic (exact) mass is 686 g/mol. The van der Waals surface area contributed by atoms with E-state index in [-0.39, 0.29) is 21.2 Å². The average molecular weight is 687 g/mol. The maximum atomic E-state index is 13.7. The number of aromatic amines is 1. The van der Waals surface area contributed by atoms with E-state index in [9.17, 15) is 18.0 Å². The molecular formula is C37H33F3N2O4SSi. The Labute approximate surface area is 281 Å². The Morgan fingerprint density at radius 3 is 2.08 bits per heavy atom. The zero-order chi connectivity index (χ0) is 34.1. The second-order valence-corrected chi connectivity index (χ2v) is 17.5. The molecule has 0 saturated heterocycles. The fraction of sp³-hybridized carbons (Fsp3) is 0.189. The molecule has 4 aromatic carbocycles. The number of nitrogens with zero attached hydrogens (tertiary/aromatic N) is 1. The number of hydrogen-bond donors (Lipinski definition) is 1. The van der Waals surface area contributed by atoms with E-state index in [2.05, 4.69) is 55.0 Å². The smallest absolute Gasteiger partial charge is 0.416 e. The van der Waals surface area contributed by atoms with Gasteiger partial charge in [0.2, 0.25) is 0 Å². The van der Waals surface area contributed by atoms with Crippen LogP contribution in [-0.2, 0) is 17.5 Å². The lowest BCUT2D eigenvalue weighted by Gasteiger charge is -2.43. The molecule has 48 heavy (non-hydrogen) atoms. The number of imidazole rings is 1. The van der Waals surface area contributed by atoms with Crippen LogP contribution in [-0.4, -0.2) is 31.4 Å². The number of carbonyl (C=O) groups is 1. The minimum absolute atomic E-state index is 0.0526. The molecule has 0 bridgehead atoms. The van der Waals surface area contributed by atoms with Gasteiger partial charge in [-0.2, -0.15) is 13.2 Å². The highest BCUT2D eigenvalue weighted by Crippen LogP contribution is 2.45. The van der Waals surface area contributed by atoms with Crippen LogP contribution in [0.25, 0.3) is 21.5 Å². The van der Waals surface area contributed by atoms with Gasteiger partial charge in [-0.1, -0.05) is 99.6 Å². The van der Waals surface area contributed by atoms with Gasteiger partial charge in [0, 0.05) is 22.1 Å². The van der Waals surface area contributed by atoms with Crippen LogP contribution in [0.15, 0.2) is 109 Å². The standard InChI is InChI=1S/C37H33F3N2O4SSi/c1-36(2,3)48(25-14-7-5-8-15-25,26-16-9-6-10-17-26)46-31-20-30-29(41-23-42-30)19-27(31)33-21-32(34(47-33)35(43)44-4)45-22-24-13-11-12-18-28(24)37(38,39)40/h5-21,23H,22H2,1-4H3,(H,41,42). The third-order valence-electron chi connectivity index (χ3n) is 8.24. The second-order valence-electron chi connectivity index (χ2n) is 12.3. The Bertz CT molecular complexity index is 2010. The molecule has 0 aliphatic heterocycles. The van der Waals surface area contributed by atoms with Crippen LogP contribution >= 0.6 is 11.3 Å². The first kappa shape index (κ1) is 33.0. The number of halogens is 3. The van der Waals surface area contributed by atoms with Crippen LogP contribution < -0.4 is 19.5 Å². The van der Waals surface area contributed by atoms with Crippen LogP contribution in [0, 0.1) is 0 Å². The molecule has 0 amide bonds. The molecular weight excluding hydrogens is 654 g/mol. The van der Waals surface area contributed by atoms with Gasteiger partial charge in [0.15, 0.2) is 4.88 Å². The number of carbonyl (C=O) groups excluding carboxylic acids is 1. The number of ether oxygens (including phenoxy) is 2. The summed E-state index contributed by atoms with van der Waals surface area (Å²) in [6, 6.07) is 31.1.